The summed E-state index contributed by atoms with van der Waals surface area (Å²) in [7, 11) is 4.05. The van der Waals surface area contributed by atoms with E-state index in [1.54, 1.807) is 18.7 Å². The van der Waals surface area contributed by atoms with E-state index in [1.165, 1.54) is 0 Å². The second kappa shape index (κ2) is 6.72. The minimum absolute atomic E-state index is 0.0270. The third kappa shape index (κ3) is 2.88. The van der Waals surface area contributed by atoms with E-state index in [9.17, 15) is 4.79 Å². The molecule has 0 spiro atoms. The molecule has 1 amide bonds. The lowest BCUT2D eigenvalue weighted by atomic mass is 10.1. The number of carbonyl (C=O) groups is 1. The van der Waals surface area contributed by atoms with E-state index in [-0.39, 0.29) is 18.0 Å². The first-order valence-electron chi connectivity index (χ1n) is 8.54. The molecule has 0 aliphatic carbocycles. The number of aromatic nitrogens is 5. The molecule has 1 aliphatic heterocycles. The molecule has 8 heteroatoms. The molecule has 0 saturated carbocycles. The molecule has 2 aromatic heterocycles. The molecule has 0 unspecified atom stereocenters. The molecule has 1 aromatic carbocycles. The zero-order chi connectivity index (χ0) is 18.1. The van der Waals surface area contributed by atoms with E-state index in [1.807, 2.05) is 64.8 Å². The Morgan fingerprint density at radius 1 is 1.19 bits per heavy atom. The second-order valence-electron chi connectivity index (χ2n) is 6.68. The molecule has 1 saturated heterocycles. The van der Waals surface area contributed by atoms with Crippen molar-refractivity contribution in [2.24, 2.45) is 0 Å². The van der Waals surface area contributed by atoms with Crippen LogP contribution < -0.4 is 0 Å². The van der Waals surface area contributed by atoms with Crippen LogP contribution in [0.1, 0.15) is 16.5 Å². The monoisotopic (exact) mass is 351 g/mol. The summed E-state index contributed by atoms with van der Waals surface area (Å²) in [5.74, 6) is -0.0270. The lowest BCUT2D eigenvalue weighted by molar-refractivity contribution is 0.0773. The highest BCUT2D eigenvalue weighted by Gasteiger charge is 2.39. The van der Waals surface area contributed by atoms with Gasteiger partial charge in [0.1, 0.15) is 5.69 Å². The van der Waals surface area contributed by atoms with Gasteiger partial charge in [-0.15, -0.1) is 5.10 Å². The minimum atomic E-state index is -0.0270. The van der Waals surface area contributed by atoms with Crippen molar-refractivity contribution in [2.75, 3.05) is 27.2 Å². The van der Waals surface area contributed by atoms with Gasteiger partial charge in [0.15, 0.2) is 0 Å². The van der Waals surface area contributed by atoms with Crippen LogP contribution in [-0.2, 0) is 0 Å². The summed E-state index contributed by atoms with van der Waals surface area (Å²) in [5, 5.41) is 8.05. The summed E-state index contributed by atoms with van der Waals surface area (Å²) >= 11 is 0. The van der Waals surface area contributed by atoms with Gasteiger partial charge in [-0.2, -0.15) is 0 Å². The highest BCUT2D eigenvalue weighted by atomic mass is 16.2. The number of hydrogen-bond donors (Lipinski definition) is 0. The van der Waals surface area contributed by atoms with Gasteiger partial charge in [0.2, 0.25) is 0 Å². The van der Waals surface area contributed by atoms with E-state index in [4.69, 9.17) is 0 Å². The Kier molecular flexibility index (Phi) is 4.26. The number of para-hydroxylation sites is 1. The minimum Gasteiger partial charge on any atom is -0.333 e. The molecule has 3 aromatic rings. The Balaban J connectivity index is 1.61. The Hall–Kier alpha value is -3.00. The topological polar surface area (TPSA) is 72.1 Å². The molecule has 0 bridgehead atoms. The van der Waals surface area contributed by atoms with E-state index in [2.05, 4.69) is 20.2 Å². The molecule has 1 aliphatic rings. The van der Waals surface area contributed by atoms with Gasteiger partial charge < -0.3 is 9.80 Å². The van der Waals surface area contributed by atoms with Crippen molar-refractivity contribution in [1.82, 2.24) is 34.3 Å². The van der Waals surface area contributed by atoms with E-state index < -0.39 is 0 Å². The number of likely N-dealkylation sites (N-methyl/N-ethyl adjacent to an activating group) is 1. The predicted octanol–water partition coefficient (Wildman–Crippen LogP) is 1.09. The second-order valence-corrected chi connectivity index (χ2v) is 6.68. The Morgan fingerprint density at radius 2 is 2.00 bits per heavy atom. The molecular weight excluding hydrogens is 330 g/mol. The molecule has 1 fully saturated rings. The van der Waals surface area contributed by atoms with Crippen LogP contribution in [0.5, 0.6) is 0 Å². The zero-order valence-electron chi connectivity index (χ0n) is 14.8. The van der Waals surface area contributed by atoms with Crippen LogP contribution in [0, 0.1) is 0 Å². The van der Waals surface area contributed by atoms with Crippen LogP contribution in [0.25, 0.3) is 5.69 Å². The molecule has 26 heavy (non-hydrogen) atoms. The highest BCUT2D eigenvalue weighted by Crippen LogP contribution is 2.26. The fraction of sp³-hybridized carbons (Fsp3) is 0.333. The van der Waals surface area contributed by atoms with Gasteiger partial charge in [0.25, 0.3) is 5.91 Å². The van der Waals surface area contributed by atoms with Crippen LogP contribution in [0.3, 0.4) is 0 Å². The normalized spacial score (nSPS) is 20.0. The average molecular weight is 351 g/mol. The number of nitrogens with zero attached hydrogens (tertiary/aromatic N) is 7. The van der Waals surface area contributed by atoms with Gasteiger partial charge in [-0.05, 0) is 26.2 Å². The van der Waals surface area contributed by atoms with Crippen molar-refractivity contribution >= 4 is 5.91 Å². The number of likely N-dealkylation sites (tertiary alicyclic amines) is 1. The number of rotatable bonds is 4. The fourth-order valence-corrected chi connectivity index (χ4v) is 3.51. The predicted molar refractivity (Wildman–Crippen MR) is 96.0 cm³/mol. The zero-order valence-corrected chi connectivity index (χ0v) is 14.8. The number of amides is 1. The molecule has 4 rings (SSSR count). The van der Waals surface area contributed by atoms with E-state index in [0.717, 1.165) is 5.69 Å². The Labute approximate surface area is 151 Å². The summed E-state index contributed by atoms with van der Waals surface area (Å²) in [6, 6.07) is 10.0. The summed E-state index contributed by atoms with van der Waals surface area (Å²) in [6.45, 7) is 1.22. The maximum atomic E-state index is 13.2. The summed E-state index contributed by atoms with van der Waals surface area (Å²) in [4.78, 5) is 21.4. The number of carbonyl (C=O) groups excluding carboxylic acids is 1. The summed E-state index contributed by atoms with van der Waals surface area (Å²) < 4.78 is 3.67. The molecule has 2 atom stereocenters. The molecule has 8 nitrogen and oxygen atoms in total. The van der Waals surface area contributed by atoms with Crippen LogP contribution in [0.4, 0.5) is 0 Å². The molecule has 0 N–H and O–H groups in total. The van der Waals surface area contributed by atoms with Crippen molar-refractivity contribution in [3.05, 3.63) is 60.9 Å². The van der Waals surface area contributed by atoms with E-state index in [0.29, 0.717) is 18.8 Å². The van der Waals surface area contributed by atoms with Crippen molar-refractivity contribution < 1.29 is 4.79 Å². The standard InChI is InChI=1S/C18H21N7O/c1-22(2)16-11-23(12-17(16)25-9-8-20-21-25)18(26)15-10-19-13-24(15)14-6-4-3-5-7-14/h3-10,13,16-17H,11-12H2,1-2H3/t16-,17+/m1/s1. The van der Waals surface area contributed by atoms with Crippen molar-refractivity contribution in [2.45, 2.75) is 12.1 Å². The third-order valence-electron chi connectivity index (χ3n) is 4.88. The fourth-order valence-electron chi connectivity index (χ4n) is 3.51. The van der Waals surface area contributed by atoms with Crippen molar-refractivity contribution in [1.29, 1.82) is 0 Å². The van der Waals surface area contributed by atoms with Crippen molar-refractivity contribution in [3.8, 4) is 5.69 Å². The lowest BCUT2D eigenvalue weighted by Crippen LogP contribution is -2.37. The van der Waals surface area contributed by atoms with E-state index >= 15 is 0 Å². The Morgan fingerprint density at radius 3 is 2.69 bits per heavy atom. The molecule has 0 radical (unpaired) electrons. The van der Waals surface area contributed by atoms with Gasteiger partial charge in [-0.3, -0.25) is 9.36 Å². The maximum absolute atomic E-state index is 13.2. The SMILES string of the molecule is CN(C)[C@@H]1CN(C(=O)c2cncn2-c2ccccc2)C[C@@H]1n1ccnn1. The van der Waals surface area contributed by atoms with Gasteiger partial charge >= 0.3 is 0 Å². The highest BCUT2D eigenvalue weighted by molar-refractivity contribution is 5.93. The smallest absolute Gasteiger partial charge is 0.272 e. The van der Waals surface area contributed by atoms with Crippen LogP contribution >= 0.6 is 0 Å². The van der Waals surface area contributed by atoms with Gasteiger partial charge in [-0.25, -0.2) is 9.67 Å². The quantitative estimate of drug-likeness (QED) is 0.704. The molecule has 3 heterocycles. The number of imidazole rings is 1. The van der Waals surface area contributed by atoms with Crippen LogP contribution in [-0.4, -0.2) is 73.5 Å². The largest absolute Gasteiger partial charge is 0.333 e. The third-order valence-corrected chi connectivity index (χ3v) is 4.88. The average Bonchev–Trinajstić information content (AvgIpc) is 3.41. The molecule has 134 valence electrons. The maximum Gasteiger partial charge on any atom is 0.272 e. The summed E-state index contributed by atoms with van der Waals surface area (Å²) in [5.41, 5.74) is 1.48. The number of benzene rings is 1. The van der Waals surface area contributed by atoms with Crippen LogP contribution in [0.2, 0.25) is 0 Å². The molecular formula is C18H21N7O. The first-order chi connectivity index (χ1) is 12.6. The first-order valence-corrected chi connectivity index (χ1v) is 8.54. The lowest BCUT2D eigenvalue weighted by Gasteiger charge is -2.24. The Bertz CT molecular complexity index is 872. The van der Waals surface area contributed by atoms with Crippen LogP contribution in [0.15, 0.2) is 55.2 Å². The van der Waals surface area contributed by atoms with Gasteiger partial charge in [0.05, 0.1) is 30.8 Å². The first kappa shape index (κ1) is 16.5. The van der Waals surface area contributed by atoms with Gasteiger partial charge in [0, 0.05) is 25.0 Å². The van der Waals surface area contributed by atoms with Crippen molar-refractivity contribution in [3.63, 3.8) is 0 Å². The number of hydrogen-bond acceptors (Lipinski definition) is 5. The van der Waals surface area contributed by atoms with Gasteiger partial charge in [-0.1, -0.05) is 23.4 Å². The summed E-state index contributed by atoms with van der Waals surface area (Å²) in [6.07, 6.45) is 6.82.